The summed E-state index contributed by atoms with van der Waals surface area (Å²) in [5, 5.41) is 0. The molecule has 0 amide bonds. The lowest BCUT2D eigenvalue weighted by atomic mass is 10.1. The Hall–Kier alpha value is -2.40. The highest BCUT2D eigenvalue weighted by atomic mass is 127. The van der Waals surface area contributed by atoms with Crippen LogP contribution >= 0.6 is 45.2 Å². The van der Waals surface area contributed by atoms with Gasteiger partial charge in [0.25, 0.3) is 0 Å². The molecule has 4 rings (SSSR count). The fourth-order valence-electron chi connectivity index (χ4n) is 3.20. The Morgan fingerprint density at radius 1 is 1.06 bits per heavy atom. The summed E-state index contributed by atoms with van der Waals surface area (Å²) < 4.78 is 18.9. The molecule has 0 aliphatic carbocycles. The van der Waals surface area contributed by atoms with Gasteiger partial charge in [-0.25, -0.2) is 9.79 Å². The average Bonchev–Trinajstić information content (AvgIpc) is 3.13. The molecule has 0 saturated heterocycles. The minimum absolute atomic E-state index is 0.241. The molecule has 0 saturated carbocycles. The van der Waals surface area contributed by atoms with E-state index in [1.165, 1.54) is 5.56 Å². The molecular weight excluding hydrogens is 632 g/mol. The highest BCUT2D eigenvalue weighted by molar-refractivity contribution is 14.1. The van der Waals surface area contributed by atoms with Gasteiger partial charge in [-0.05, 0) is 106 Å². The summed E-state index contributed by atoms with van der Waals surface area (Å²) in [6.07, 6.45) is 1.69. The molecule has 7 heteroatoms. The topological polar surface area (TPSA) is 57.1 Å². The normalized spacial score (nSPS) is 14.3. The molecule has 1 aliphatic heterocycles. The van der Waals surface area contributed by atoms with Crippen molar-refractivity contribution in [1.82, 2.24) is 0 Å². The van der Waals surface area contributed by atoms with Crippen LogP contribution in [-0.4, -0.2) is 19.0 Å². The summed E-state index contributed by atoms with van der Waals surface area (Å²) in [5.74, 6) is 1.07. The Labute approximate surface area is 213 Å². The number of aliphatic imine (C=N–C) groups is 1. The number of nitrogens with zero attached hydrogens (tertiary/aromatic N) is 1. The van der Waals surface area contributed by atoms with Crippen molar-refractivity contribution in [3.05, 3.63) is 95.8 Å². The predicted molar refractivity (Wildman–Crippen MR) is 141 cm³/mol. The molecule has 0 atom stereocenters. The number of hydrogen-bond donors (Lipinski definition) is 0. The van der Waals surface area contributed by atoms with E-state index in [2.05, 4.69) is 69.2 Å². The van der Waals surface area contributed by atoms with E-state index in [0.29, 0.717) is 24.0 Å². The monoisotopic (exact) mass is 651 g/mol. The largest absolute Gasteiger partial charge is 0.493 e. The standard InChI is InChI=1S/C25H19I2NO4/c1-15-4-3-5-16(10-15)14-31-23-20(27)11-17(13-22(23)30-2)12-21-25(29)32-24(28-21)18-6-8-19(26)9-7-18/h3-13H,14H2,1-2H3/b21-12-. The van der Waals surface area contributed by atoms with E-state index in [4.69, 9.17) is 14.2 Å². The number of carbonyl (C=O) groups is 1. The van der Waals surface area contributed by atoms with E-state index < -0.39 is 5.97 Å². The summed E-state index contributed by atoms with van der Waals surface area (Å²) in [6, 6.07) is 19.6. The van der Waals surface area contributed by atoms with E-state index in [9.17, 15) is 4.79 Å². The van der Waals surface area contributed by atoms with Crippen LogP contribution in [0.5, 0.6) is 11.5 Å². The Morgan fingerprint density at radius 3 is 2.56 bits per heavy atom. The lowest BCUT2D eigenvalue weighted by Crippen LogP contribution is -2.05. The summed E-state index contributed by atoms with van der Waals surface area (Å²) in [5.41, 5.74) is 4.04. The minimum Gasteiger partial charge on any atom is -0.493 e. The molecule has 3 aromatic carbocycles. The molecule has 0 spiro atoms. The van der Waals surface area contributed by atoms with Gasteiger partial charge in [0.15, 0.2) is 17.2 Å². The molecule has 0 aromatic heterocycles. The molecule has 32 heavy (non-hydrogen) atoms. The third-order valence-electron chi connectivity index (χ3n) is 4.73. The maximum absolute atomic E-state index is 12.4. The Morgan fingerprint density at radius 2 is 1.84 bits per heavy atom. The van der Waals surface area contributed by atoms with Crippen LogP contribution in [0, 0.1) is 14.1 Å². The second kappa shape index (κ2) is 10.0. The molecule has 0 unspecified atom stereocenters. The number of hydrogen-bond acceptors (Lipinski definition) is 5. The molecular formula is C25H19I2NO4. The van der Waals surface area contributed by atoms with Crippen LogP contribution in [0.25, 0.3) is 6.08 Å². The maximum Gasteiger partial charge on any atom is 0.363 e. The summed E-state index contributed by atoms with van der Waals surface area (Å²) in [7, 11) is 1.60. The predicted octanol–water partition coefficient (Wildman–Crippen LogP) is 6.14. The van der Waals surface area contributed by atoms with Crippen LogP contribution in [0.1, 0.15) is 22.3 Å². The van der Waals surface area contributed by atoms with E-state index in [1.807, 2.05) is 48.5 Å². The number of methoxy groups -OCH3 is 1. The number of esters is 1. The van der Waals surface area contributed by atoms with Crippen molar-refractivity contribution in [2.75, 3.05) is 7.11 Å². The minimum atomic E-state index is -0.479. The third kappa shape index (κ3) is 5.32. The van der Waals surface area contributed by atoms with Gasteiger partial charge in [0, 0.05) is 9.13 Å². The van der Waals surface area contributed by atoms with E-state index in [0.717, 1.165) is 23.8 Å². The Balaban J connectivity index is 1.59. The summed E-state index contributed by atoms with van der Waals surface area (Å²) in [6.45, 7) is 2.49. The van der Waals surface area contributed by atoms with Crippen LogP contribution in [0.15, 0.2) is 71.4 Å². The van der Waals surface area contributed by atoms with Crippen LogP contribution in [0.3, 0.4) is 0 Å². The fourth-order valence-corrected chi connectivity index (χ4v) is 4.34. The van der Waals surface area contributed by atoms with Gasteiger partial charge in [0.1, 0.15) is 6.61 Å². The third-order valence-corrected chi connectivity index (χ3v) is 6.25. The highest BCUT2D eigenvalue weighted by Gasteiger charge is 2.24. The molecule has 0 bridgehead atoms. The van der Waals surface area contributed by atoms with Crippen molar-refractivity contribution in [1.29, 1.82) is 0 Å². The van der Waals surface area contributed by atoms with Crippen molar-refractivity contribution in [3.63, 3.8) is 0 Å². The lowest BCUT2D eigenvalue weighted by molar-refractivity contribution is -0.129. The first-order valence-corrected chi connectivity index (χ1v) is 11.9. The second-order valence-corrected chi connectivity index (χ2v) is 9.56. The number of ether oxygens (including phenoxy) is 3. The van der Waals surface area contributed by atoms with Gasteiger partial charge in [-0.3, -0.25) is 0 Å². The number of rotatable bonds is 6. The van der Waals surface area contributed by atoms with Crippen LogP contribution in [0.4, 0.5) is 0 Å². The van der Waals surface area contributed by atoms with Crippen LogP contribution < -0.4 is 9.47 Å². The first kappa shape index (κ1) is 22.8. The SMILES string of the molecule is COc1cc(/C=C2\N=C(c3ccc(I)cc3)OC2=O)cc(I)c1OCc1cccc(C)c1. The number of halogens is 2. The number of carbonyl (C=O) groups excluding carboxylic acids is 1. The van der Waals surface area contributed by atoms with Crippen molar-refractivity contribution >= 4 is 63.1 Å². The van der Waals surface area contributed by atoms with Gasteiger partial charge in [0.2, 0.25) is 5.90 Å². The lowest BCUT2D eigenvalue weighted by Gasteiger charge is -2.14. The van der Waals surface area contributed by atoms with E-state index in [-0.39, 0.29) is 5.70 Å². The summed E-state index contributed by atoms with van der Waals surface area (Å²) in [4.78, 5) is 16.7. The molecule has 1 aliphatic rings. The van der Waals surface area contributed by atoms with E-state index >= 15 is 0 Å². The van der Waals surface area contributed by atoms with Crippen molar-refractivity contribution < 1.29 is 19.0 Å². The Kier molecular flexibility index (Phi) is 7.14. The average molecular weight is 651 g/mol. The zero-order chi connectivity index (χ0) is 22.7. The fraction of sp³-hybridized carbons (Fsp3) is 0.120. The van der Waals surface area contributed by atoms with Gasteiger partial charge < -0.3 is 14.2 Å². The first-order chi connectivity index (χ1) is 15.4. The van der Waals surface area contributed by atoms with Crippen LogP contribution in [-0.2, 0) is 16.1 Å². The first-order valence-electron chi connectivity index (χ1n) is 9.77. The van der Waals surface area contributed by atoms with E-state index in [1.54, 1.807) is 13.2 Å². The van der Waals surface area contributed by atoms with Gasteiger partial charge >= 0.3 is 5.97 Å². The zero-order valence-electron chi connectivity index (χ0n) is 17.4. The smallest absolute Gasteiger partial charge is 0.363 e. The van der Waals surface area contributed by atoms with Gasteiger partial charge in [-0.2, -0.15) is 0 Å². The van der Waals surface area contributed by atoms with Crippen LogP contribution in [0.2, 0.25) is 0 Å². The molecule has 5 nitrogen and oxygen atoms in total. The van der Waals surface area contributed by atoms with Crippen molar-refractivity contribution in [3.8, 4) is 11.5 Å². The molecule has 3 aromatic rings. The molecule has 162 valence electrons. The maximum atomic E-state index is 12.4. The number of aryl methyl sites for hydroxylation is 1. The quantitative estimate of drug-likeness (QED) is 0.183. The number of benzene rings is 3. The highest BCUT2D eigenvalue weighted by Crippen LogP contribution is 2.35. The van der Waals surface area contributed by atoms with Crippen molar-refractivity contribution in [2.45, 2.75) is 13.5 Å². The zero-order valence-corrected chi connectivity index (χ0v) is 21.7. The molecule has 0 fully saturated rings. The number of cyclic esters (lactones) is 1. The Bertz CT molecular complexity index is 1230. The summed E-state index contributed by atoms with van der Waals surface area (Å²) >= 11 is 4.43. The molecule has 0 N–H and O–H groups in total. The van der Waals surface area contributed by atoms with Gasteiger partial charge in [0.05, 0.1) is 10.7 Å². The van der Waals surface area contributed by atoms with Crippen molar-refractivity contribution in [2.24, 2.45) is 4.99 Å². The second-order valence-electron chi connectivity index (χ2n) is 7.15. The van der Waals surface area contributed by atoms with Gasteiger partial charge in [-0.15, -0.1) is 0 Å². The van der Waals surface area contributed by atoms with Gasteiger partial charge in [-0.1, -0.05) is 29.8 Å². The molecule has 1 heterocycles. The molecule has 0 radical (unpaired) electrons.